The van der Waals surface area contributed by atoms with Gasteiger partial charge in [0.2, 0.25) is 0 Å². The molecule has 4 rings (SSSR count). The first-order valence-electron chi connectivity index (χ1n) is 15.5. The van der Waals surface area contributed by atoms with Crippen molar-refractivity contribution in [2.45, 2.75) is 115 Å². The van der Waals surface area contributed by atoms with Crippen LogP contribution in [0.1, 0.15) is 102 Å². The second-order valence-corrected chi connectivity index (χ2v) is 17.9. The Kier molecular flexibility index (Phi) is 10.6. The molecule has 1 nitrogen and oxygen atoms in total. The van der Waals surface area contributed by atoms with Crippen LogP contribution in [0.25, 0.3) is 11.1 Å². The van der Waals surface area contributed by atoms with E-state index in [1.807, 2.05) is 18.2 Å². The molecule has 210 valence electrons. The zero-order valence-electron chi connectivity index (χ0n) is 24.1. The summed E-state index contributed by atoms with van der Waals surface area (Å²) in [6, 6.07) is 12.7. The van der Waals surface area contributed by atoms with Crippen LogP contribution in [-0.4, -0.2) is 19.8 Å². The smallest absolute Gasteiger partial charge is 0.166 e. The molecule has 0 spiro atoms. The van der Waals surface area contributed by atoms with Gasteiger partial charge in [-0.15, -0.1) is 0 Å². The number of unbranched alkanes of at least 4 members (excludes halogenated alkanes) is 2. The van der Waals surface area contributed by atoms with Gasteiger partial charge >= 0.3 is 0 Å². The molecule has 2 fully saturated rings. The van der Waals surface area contributed by atoms with E-state index in [1.165, 1.54) is 56.6 Å². The van der Waals surface area contributed by atoms with Crippen LogP contribution in [0.3, 0.4) is 0 Å². The first-order valence-corrected chi connectivity index (χ1v) is 18.7. The Morgan fingerprint density at radius 1 is 0.763 bits per heavy atom. The monoisotopic (exact) mass is 540 g/mol. The van der Waals surface area contributed by atoms with Crippen molar-refractivity contribution < 1.29 is 13.9 Å². The molecule has 0 heterocycles. The van der Waals surface area contributed by atoms with E-state index >= 15 is 8.78 Å². The molecule has 4 heteroatoms. The van der Waals surface area contributed by atoms with Crippen molar-refractivity contribution in [3.63, 3.8) is 0 Å². The van der Waals surface area contributed by atoms with Gasteiger partial charge in [0.05, 0.1) is 8.07 Å². The molecule has 2 aromatic rings. The van der Waals surface area contributed by atoms with Gasteiger partial charge in [0, 0.05) is 12.2 Å². The summed E-state index contributed by atoms with van der Waals surface area (Å²) in [5.74, 6) is 1.37. The molecule has 0 aliphatic heterocycles. The molecule has 0 amide bonds. The molecular formula is C34H50F2OSi. The lowest BCUT2D eigenvalue weighted by Gasteiger charge is -2.38. The van der Waals surface area contributed by atoms with Crippen molar-refractivity contribution in [3.05, 3.63) is 53.6 Å². The lowest BCUT2D eigenvalue weighted by atomic mass is 9.68. The van der Waals surface area contributed by atoms with E-state index in [1.54, 1.807) is 6.07 Å². The summed E-state index contributed by atoms with van der Waals surface area (Å²) in [6.45, 7) is 7.08. The lowest BCUT2D eigenvalue weighted by Crippen LogP contribution is -2.41. The van der Waals surface area contributed by atoms with Crippen LogP contribution in [0, 0.1) is 29.4 Å². The molecule has 0 aromatic heterocycles. The summed E-state index contributed by atoms with van der Waals surface area (Å²) >= 11 is 0. The van der Waals surface area contributed by atoms with Gasteiger partial charge < -0.3 is 5.11 Å². The van der Waals surface area contributed by atoms with Crippen LogP contribution in [0.5, 0.6) is 0 Å². The van der Waals surface area contributed by atoms with Crippen LogP contribution in [0.15, 0.2) is 36.4 Å². The average molecular weight is 541 g/mol. The average Bonchev–Trinajstić information content (AvgIpc) is 2.94. The standard InChI is InChI=1S/C34H50F2OSi/c1-4-5-6-8-25-9-11-26(12-10-25)27-13-15-28(16-14-27)31-21-22-32(34(36)33(31)35)29-17-19-30(20-18-29)38(2,3)24-7-23-37/h17-22,25-28,37H,4-16,23-24H2,1-3H3. The zero-order valence-corrected chi connectivity index (χ0v) is 25.1. The summed E-state index contributed by atoms with van der Waals surface area (Å²) in [5, 5.41) is 10.5. The largest absolute Gasteiger partial charge is 0.396 e. The Bertz CT molecular complexity index is 1000. The van der Waals surface area contributed by atoms with Crippen molar-refractivity contribution in [2.75, 3.05) is 6.61 Å². The molecule has 0 radical (unpaired) electrons. The van der Waals surface area contributed by atoms with Gasteiger partial charge in [0.25, 0.3) is 0 Å². The molecule has 2 aromatic carbocycles. The van der Waals surface area contributed by atoms with Crippen LogP contribution >= 0.6 is 0 Å². The molecular weight excluding hydrogens is 490 g/mol. The van der Waals surface area contributed by atoms with E-state index in [9.17, 15) is 5.11 Å². The molecule has 2 saturated carbocycles. The molecule has 2 aliphatic carbocycles. The number of aliphatic hydroxyl groups is 1. The summed E-state index contributed by atoms with van der Waals surface area (Å²) in [4.78, 5) is 0. The third-order valence-electron chi connectivity index (χ3n) is 10.0. The second-order valence-electron chi connectivity index (χ2n) is 13.0. The number of halogens is 2. The number of hydrogen-bond donors (Lipinski definition) is 1. The van der Waals surface area contributed by atoms with Gasteiger partial charge in [-0.2, -0.15) is 0 Å². The first-order chi connectivity index (χ1) is 18.3. The Morgan fingerprint density at radius 3 is 2.00 bits per heavy atom. The Labute approximate surface area is 231 Å². The summed E-state index contributed by atoms with van der Waals surface area (Å²) in [7, 11) is -1.64. The number of benzene rings is 2. The number of hydrogen-bond acceptors (Lipinski definition) is 1. The van der Waals surface area contributed by atoms with Crippen LogP contribution in [0.4, 0.5) is 8.78 Å². The van der Waals surface area contributed by atoms with Gasteiger partial charge in [-0.3, -0.25) is 0 Å². The fourth-order valence-electron chi connectivity index (χ4n) is 7.40. The van der Waals surface area contributed by atoms with Gasteiger partial charge in [-0.05, 0) is 79.7 Å². The highest BCUT2D eigenvalue weighted by molar-refractivity contribution is 6.89. The van der Waals surface area contributed by atoms with E-state index in [0.717, 1.165) is 61.5 Å². The fourth-order valence-corrected chi connectivity index (χ4v) is 9.80. The topological polar surface area (TPSA) is 20.2 Å². The predicted molar refractivity (Wildman–Crippen MR) is 160 cm³/mol. The second kappa shape index (κ2) is 13.7. The van der Waals surface area contributed by atoms with Crippen molar-refractivity contribution in [1.82, 2.24) is 0 Å². The van der Waals surface area contributed by atoms with Crippen molar-refractivity contribution in [1.29, 1.82) is 0 Å². The maximum atomic E-state index is 15.4. The Balaban J connectivity index is 1.34. The van der Waals surface area contributed by atoms with Gasteiger partial charge in [0.1, 0.15) is 0 Å². The SMILES string of the molecule is CCCCCC1CCC(C2CCC(c3ccc(-c4ccc([Si](C)(C)CCCO)cc4)c(F)c3F)CC2)CC1. The molecule has 0 unspecified atom stereocenters. The fraction of sp³-hybridized carbons (Fsp3) is 0.647. The first kappa shape index (κ1) is 29.5. The predicted octanol–water partition coefficient (Wildman–Crippen LogP) is 9.59. The van der Waals surface area contributed by atoms with Gasteiger partial charge in [-0.1, -0.05) is 106 Å². The highest BCUT2D eigenvalue weighted by atomic mass is 28.3. The molecule has 38 heavy (non-hydrogen) atoms. The molecule has 1 N–H and O–H groups in total. The van der Waals surface area contributed by atoms with E-state index < -0.39 is 19.7 Å². The van der Waals surface area contributed by atoms with E-state index in [-0.39, 0.29) is 12.5 Å². The number of aliphatic hydroxyl groups excluding tert-OH is 1. The van der Waals surface area contributed by atoms with Crippen LogP contribution in [0.2, 0.25) is 19.1 Å². The zero-order chi connectivity index (χ0) is 27.1. The lowest BCUT2D eigenvalue weighted by molar-refractivity contribution is 0.155. The van der Waals surface area contributed by atoms with Crippen molar-refractivity contribution in [3.8, 4) is 11.1 Å². The highest BCUT2D eigenvalue weighted by Gasteiger charge is 2.32. The maximum Gasteiger partial charge on any atom is 0.166 e. The normalized spacial score (nSPS) is 24.5. The van der Waals surface area contributed by atoms with E-state index in [2.05, 4.69) is 32.2 Å². The van der Waals surface area contributed by atoms with E-state index in [4.69, 9.17) is 0 Å². The van der Waals surface area contributed by atoms with Crippen LogP contribution < -0.4 is 5.19 Å². The highest BCUT2D eigenvalue weighted by Crippen LogP contribution is 2.45. The minimum absolute atomic E-state index is 0.140. The van der Waals surface area contributed by atoms with Crippen LogP contribution in [-0.2, 0) is 0 Å². The quantitative estimate of drug-likeness (QED) is 0.222. The van der Waals surface area contributed by atoms with Crippen molar-refractivity contribution >= 4 is 13.3 Å². The number of rotatable bonds is 11. The van der Waals surface area contributed by atoms with Crippen molar-refractivity contribution in [2.24, 2.45) is 17.8 Å². The summed E-state index contributed by atoms with van der Waals surface area (Å²) in [6.07, 6.45) is 16.2. The summed E-state index contributed by atoms with van der Waals surface area (Å²) < 4.78 is 30.7. The Morgan fingerprint density at radius 2 is 1.39 bits per heavy atom. The maximum absolute atomic E-state index is 15.4. The minimum atomic E-state index is -1.64. The summed E-state index contributed by atoms with van der Waals surface area (Å²) in [5.41, 5.74) is 1.67. The Hall–Kier alpha value is -1.52. The minimum Gasteiger partial charge on any atom is -0.396 e. The third kappa shape index (κ3) is 7.16. The molecule has 0 atom stereocenters. The van der Waals surface area contributed by atoms with Gasteiger partial charge in [-0.25, -0.2) is 8.78 Å². The van der Waals surface area contributed by atoms with Gasteiger partial charge in [0.15, 0.2) is 11.6 Å². The molecule has 0 saturated heterocycles. The van der Waals surface area contributed by atoms with E-state index in [0.29, 0.717) is 11.1 Å². The molecule has 0 bridgehead atoms. The third-order valence-corrected chi connectivity index (χ3v) is 13.5. The molecule has 2 aliphatic rings.